The molecule has 0 radical (unpaired) electrons. The molecule has 0 spiro atoms. The molecule has 0 amide bonds. The molecule has 1 aromatic carbocycles. The van der Waals surface area contributed by atoms with Gasteiger partial charge >= 0.3 is 0 Å². The lowest BCUT2D eigenvalue weighted by molar-refractivity contribution is 0.394. The van der Waals surface area contributed by atoms with Crippen molar-refractivity contribution in [1.82, 2.24) is 0 Å². The fraction of sp³-hybridized carbons (Fsp3) is 0.333. The largest absolute Gasteiger partial charge is 0.497 e. The zero-order chi connectivity index (χ0) is 13.7. The van der Waals surface area contributed by atoms with Crippen LogP contribution in [0.4, 0.5) is 5.69 Å². The highest BCUT2D eigenvalue weighted by atomic mass is 16.5. The Bertz CT molecular complexity index is 512. The average molecular weight is 261 g/mol. The van der Waals surface area contributed by atoms with Crippen LogP contribution in [0.3, 0.4) is 0 Å². The number of nitrogens with one attached hydrogen (secondary N) is 1. The molecule has 19 heavy (non-hydrogen) atoms. The Morgan fingerprint density at radius 3 is 2.16 bits per heavy atom. The molecular formula is C15H19NO3. The van der Waals surface area contributed by atoms with E-state index in [-0.39, 0.29) is 0 Å². The van der Waals surface area contributed by atoms with E-state index in [2.05, 4.69) is 12.2 Å². The van der Waals surface area contributed by atoms with Gasteiger partial charge in [-0.1, -0.05) is 6.92 Å². The predicted octanol–water partition coefficient (Wildman–Crippen LogP) is 3.47. The molecule has 0 saturated heterocycles. The maximum atomic E-state index is 5.64. The van der Waals surface area contributed by atoms with Crippen LogP contribution in [0.1, 0.15) is 18.4 Å². The predicted molar refractivity (Wildman–Crippen MR) is 75.0 cm³/mol. The molecule has 1 aromatic heterocycles. The van der Waals surface area contributed by atoms with Crippen molar-refractivity contribution in [2.75, 3.05) is 19.5 Å². The minimum Gasteiger partial charge on any atom is -0.497 e. The molecule has 0 aliphatic heterocycles. The van der Waals surface area contributed by atoms with Gasteiger partial charge in [-0.25, -0.2) is 0 Å². The van der Waals surface area contributed by atoms with E-state index in [1.165, 1.54) is 0 Å². The van der Waals surface area contributed by atoms with Gasteiger partial charge in [0.2, 0.25) is 0 Å². The molecule has 2 rings (SSSR count). The molecular weight excluding hydrogens is 242 g/mol. The summed E-state index contributed by atoms with van der Waals surface area (Å²) < 4.78 is 16.1. The van der Waals surface area contributed by atoms with Crippen LogP contribution in [-0.2, 0) is 13.0 Å². The molecule has 0 saturated carbocycles. The summed E-state index contributed by atoms with van der Waals surface area (Å²) in [4.78, 5) is 0. The molecule has 0 aliphatic rings. The molecule has 2 aromatic rings. The van der Waals surface area contributed by atoms with Gasteiger partial charge in [0.15, 0.2) is 0 Å². The van der Waals surface area contributed by atoms with Crippen molar-refractivity contribution >= 4 is 5.69 Å². The number of hydrogen-bond acceptors (Lipinski definition) is 4. The summed E-state index contributed by atoms with van der Waals surface area (Å²) in [6.45, 7) is 2.71. The molecule has 0 aliphatic carbocycles. The highest BCUT2D eigenvalue weighted by molar-refractivity contribution is 5.53. The third kappa shape index (κ3) is 3.44. The summed E-state index contributed by atoms with van der Waals surface area (Å²) in [7, 11) is 3.28. The Morgan fingerprint density at radius 1 is 1.00 bits per heavy atom. The lowest BCUT2D eigenvalue weighted by atomic mass is 10.2. The van der Waals surface area contributed by atoms with Crippen molar-refractivity contribution in [2.24, 2.45) is 0 Å². The van der Waals surface area contributed by atoms with Gasteiger partial charge in [0, 0.05) is 30.3 Å². The summed E-state index contributed by atoms with van der Waals surface area (Å²) in [5, 5.41) is 3.29. The smallest absolute Gasteiger partial charge is 0.124 e. The normalized spacial score (nSPS) is 10.3. The van der Waals surface area contributed by atoms with Crippen molar-refractivity contribution in [3.05, 3.63) is 41.9 Å². The van der Waals surface area contributed by atoms with E-state index in [1.807, 2.05) is 30.3 Å². The van der Waals surface area contributed by atoms with Crippen LogP contribution in [0, 0.1) is 0 Å². The van der Waals surface area contributed by atoms with E-state index < -0.39 is 0 Å². The highest BCUT2D eigenvalue weighted by Gasteiger charge is 2.04. The average Bonchev–Trinajstić information content (AvgIpc) is 2.92. The first kappa shape index (κ1) is 13.3. The van der Waals surface area contributed by atoms with E-state index >= 15 is 0 Å². The Kier molecular flexibility index (Phi) is 4.34. The minimum atomic E-state index is 0.635. The summed E-state index contributed by atoms with van der Waals surface area (Å²) >= 11 is 0. The number of hydrogen-bond donors (Lipinski definition) is 1. The maximum Gasteiger partial charge on any atom is 0.124 e. The minimum absolute atomic E-state index is 0.635. The third-order valence-electron chi connectivity index (χ3n) is 2.88. The van der Waals surface area contributed by atoms with Crippen molar-refractivity contribution in [2.45, 2.75) is 19.9 Å². The van der Waals surface area contributed by atoms with Gasteiger partial charge < -0.3 is 19.2 Å². The Labute approximate surface area is 113 Å². The number of anilines is 1. The second-order valence-electron chi connectivity index (χ2n) is 4.18. The molecule has 0 atom stereocenters. The number of furan rings is 1. The van der Waals surface area contributed by atoms with Crippen molar-refractivity contribution < 1.29 is 13.9 Å². The fourth-order valence-corrected chi connectivity index (χ4v) is 1.81. The molecule has 0 bridgehead atoms. The number of benzene rings is 1. The first-order valence-corrected chi connectivity index (χ1v) is 6.29. The molecule has 0 unspecified atom stereocenters. The van der Waals surface area contributed by atoms with Gasteiger partial charge in [-0.15, -0.1) is 0 Å². The summed E-state index contributed by atoms with van der Waals surface area (Å²) in [6.07, 6.45) is 0.910. The second-order valence-corrected chi connectivity index (χ2v) is 4.18. The van der Waals surface area contributed by atoms with E-state index in [9.17, 15) is 0 Å². The SMILES string of the molecule is CCc1ccc(CNc2cc(OC)cc(OC)c2)o1. The molecule has 4 heteroatoms. The van der Waals surface area contributed by atoms with Gasteiger partial charge in [-0.2, -0.15) is 0 Å². The van der Waals surface area contributed by atoms with Crippen LogP contribution in [0.15, 0.2) is 34.7 Å². The lowest BCUT2D eigenvalue weighted by Gasteiger charge is -2.09. The molecule has 4 nitrogen and oxygen atoms in total. The van der Waals surface area contributed by atoms with E-state index in [1.54, 1.807) is 14.2 Å². The second kappa shape index (κ2) is 6.18. The van der Waals surface area contributed by atoms with Gasteiger partial charge in [0.05, 0.1) is 20.8 Å². The van der Waals surface area contributed by atoms with Crippen LogP contribution in [0.2, 0.25) is 0 Å². The summed E-state index contributed by atoms with van der Waals surface area (Å²) in [6, 6.07) is 9.68. The van der Waals surface area contributed by atoms with Gasteiger partial charge in [-0.05, 0) is 12.1 Å². The highest BCUT2D eigenvalue weighted by Crippen LogP contribution is 2.26. The zero-order valence-electron chi connectivity index (χ0n) is 11.5. The monoisotopic (exact) mass is 261 g/mol. The van der Waals surface area contributed by atoms with Crippen LogP contribution in [0.5, 0.6) is 11.5 Å². The van der Waals surface area contributed by atoms with Crippen molar-refractivity contribution in [1.29, 1.82) is 0 Å². The van der Waals surface area contributed by atoms with Crippen molar-refractivity contribution in [3.63, 3.8) is 0 Å². The first-order chi connectivity index (χ1) is 9.25. The maximum absolute atomic E-state index is 5.64. The van der Waals surface area contributed by atoms with E-state index in [0.29, 0.717) is 6.54 Å². The summed E-state index contributed by atoms with van der Waals surface area (Å²) in [5.41, 5.74) is 0.936. The fourth-order valence-electron chi connectivity index (χ4n) is 1.81. The van der Waals surface area contributed by atoms with Gasteiger partial charge in [0.25, 0.3) is 0 Å². The number of ether oxygens (including phenoxy) is 2. The van der Waals surface area contributed by atoms with E-state index in [4.69, 9.17) is 13.9 Å². The van der Waals surface area contributed by atoms with Crippen molar-refractivity contribution in [3.8, 4) is 11.5 Å². The Balaban J connectivity index is 2.05. The summed E-state index contributed by atoms with van der Waals surface area (Å²) in [5.74, 6) is 3.43. The Morgan fingerprint density at radius 2 is 1.63 bits per heavy atom. The Hall–Kier alpha value is -2.10. The molecule has 0 fully saturated rings. The number of rotatable bonds is 6. The first-order valence-electron chi connectivity index (χ1n) is 6.29. The zero-order valence-corrected chi connectivity index (χ0v) is 11.5. The van der Waals surface area contributed by atoms with Gasteiger partial charge in [-0.3, -0.25) is 0 Å². The number of methoxy groups -OCH3 is 2. The molecule has 1 N–H and O–H groups in total. The molecule has 1 heterocycles. The van der Waals surface area contributed by atoms with Crippen LogP contribution in [0.25, 0.3) is 0 Å². The van der Waals surface area contributed by atoms with E-state index in [0.717, 1.165) is 35.1 Å². The third-order valence-corrected chi connectivity index (χ3v) is 2.88. The topological polar surface area (TPSA) is 43.6 Å². The van der Waals surface area contributed by atoms with Crippen LogP contribution >= 0.6 is 0 Å². The van der Waals surface area contributed by atoms with Crippen LogP contribution < -0.4 is 14.8 Å². The lowest BCUT2D eigenvalue weighted by Crippen LogP contribution is -1.99. The standard InChI is InChI=1S/C15H19NO3/c1-4-12-5-6-13(19-12)10-16-11-7-14(17-2)9-15(8-11)18-3/h5-9,16H,4,10H2,1-3H3. The van der Waals surface area contributed by atoms with Crippen LogP contribution in [-0.4, -0.2) is 14.2 Å². The number of aryl methyl sites for hydroxylation is 1. The quantitative estimate of drug-likeness (QED) is 0.864. The molecule has 102 valence electrons. The van der Waals surface area contributed by atoms with Gasteiger partial charge in [0.1, 0.15) is 23.0 Å².